The van der Waals surface area contributed by atoms with Gasteiger partial charge >= 0.3 is 6.61 Å². The zero-order valence-corrected chi connectivity index (χ0v) is 15.6. The second kappa shape index (κ2) is 11.2. The topological polar surface area (TPSA) is 76.8 Å². The summed E-state index contributed by atoms with van der Waals surface area (Å²) in [5.74, 6) is 0.211. The number of nitrogens with one attached hydrogen (secondary N) is 1. The molecule has 1 heterocycles. The molecule has 0 radical (unpaired) electrons. The van der Waals surface area contributed by atoms with Crippen molar-refractivity contribution in [3.8, 4) is 11.5 Å². The molecule has 1 aromatic rings. The number of halogens is 3. The Labute approximate surface area is 158 Å². The lowest BCUT2D eigenvalue weighted by molar-refractivity contribution is -0.122. The van der Waals surface area contributed by atoms with Crippen molar-refractivity contribution >= 4 is 18.3 Å². The van der Waals surface area contributed by atoms with Gasteiger partial charge in [-0.2, -0.15) is 8.78 Å². The van der Waals surface area contributed by atoms with Crippen LogP contribution in [0.2, 0.25) is 0 Å². The molecule has 1 saturated heterocycles. The molecule has 0 aromatic heterocycles. The fraction of sp³-hybridized carbons (Fsp3) is 0.588. The van der Waals surface area contributed by atoms with Crippen LogP contribution in [0.5, 0.6) is 11.5 Å². The van der Waals surface area contributed by atoms with Crippen molar-refractivity contribution in [2.75, 3.05) is 33.3 Å². The molecule has 26 heavy (non-hydrogen) atoms. The molecule has 1 amide bonds. The molecule has 6 nitrogen and oxygen atoms in total. The molecular weight excluding hydrogens is 368 g/mol. The monoisotopic (exact) mass is 393 g/mol. The summed E-state index contributed by atoms with van der Waals surface area (Å²) in [7, 11) is 1.39. The van der Waals surface area contributed by atoms with Crippen LogP contribution in [0.4, 0.5) is 8.78 Å². The summed E-state index contributed by atoms with van der Waals surface area (Å²) in [4.78, 5) is 14.1. The van der Waals surface area contributed by atoms with Crippen molar-refractivity contribution in [2.24, 2.45) is 5.73 Å². The van der Waals surface area contributed by atoms with E-state index in [1.165, 1.54) is 13.2 Å². The molecule has 0 aliphatic carbocycles. The Kier molecular flexibility index (Phi) is 9.61. The smallest absolute Gasteiger partial charge is 0.387 e. The number of piperidine rings is 1. The molecule has 0 saturated carbocycles. The van der Waals surface area contributed by atoms with Crippen molar-refractivity contribution in [3.05, 3.63) is 23.8 Å². The van der Waals surface area contributed by atoms with Crippen molar-refractivity contribution in [1.29, 1.82) is 0 Å². The lowest BCUT2D eigenvalue weighted by Gasteiger charge is -2.29. The number of benzene rings is 1. The van der Waals surface area contributed by atoms with Crippen molar-refractivity contribution in [3.63, 3.8) is 0 Å². The second-order valence-corrected chi connectivity index (χ2v) is 6.08. The van der Waals surface area contributed by atoms with E-state index >= 15 is 0 Å². The molecule has 3 N–H and O–H groups in total. The first-order valence-corrected chi connectivity index (χ1v) is 8.34. The van der Waals surface area contributed by atoms with E-state index in [9.17, 15) is 13.6 Å². The number of carbonyl (C=O) groups is 1. The normalized spacial score (nSPS) is 15.4. The fourth-order valence-electron chi connectivity index (χ4n) is 2.78. The van der Waals surface area contributed by atoms with Gasteiger partial charge in [0.1, 0.15) is 0 Å². The number of hydrogen-bond acceptors (Lipinski definition) is 5. The molecule has 1 aromatic carbocycles. The summed E-state index contributed by atoms with van der Waals surface area (Å²) in [6.45, 7) is -0.375. The first-order chi connectivity index (χ1) is 12.0. The van der Waals surface area contributed by atoms with E-state index in [1.54, 1.807) is 12.1 Å². The maximum atomic E-state index is 12.3. The third-order valence-corrected chi connectivity index (χ3v) is 4.18. The van der Waals surface area contributed by atoms with Gasteiger partial charge in [-0.05, 0) is 37.0 Å². The van der Waals surface area contributed by atoms with Gasteiger partial charge in [-0.3, -0.25) is 9.69 Å². The highest BCUT2D eigenvalue weighted by atomic mass is 35.5. The van der Waals surface area contributed by atoms with Gasteiger partial charge in [0.05, 0.1) is 13.7 Å². The van der Waals surface area contributed by atoms with Crippen molar-refractivity contribution < 1.29 is 23.0 Å². The zero-order valence-electron chi connectivity index (χ0n) is 14.7. The number of alkyl halides is 2. The average molecular weight is 394 g/mol. The van der Waals surface area contributed by atoms with E-state index < -0.39 is 6.61 Å². The number of rotatable bonds is 8. The summed E-state index contributed by atoms with van der Waals surface area (Å²) in [5.41, 5.74) is 6.71. The summed E-state index contributed by atoms with van der Waals surface area (Å²) < 4.78 is 34.1. The Morgan fingerprint density at radius 1 is 1.35 bits per heavy atom. The minimum absolute atomic E-state index is 0. The molecule has 0 unspecified atom stereocenters. The predicted molar refractivity (Wildman–Crippen MR) is 97.2 cm³/mol. The van der Waals surface area contributed by atoms with E-state index in [-0.39, 0.29) is 35.9 Å². The van der Waals surface area contributed by atoms with Crippen LogP contribution in [0.15, 0.2) is 18.2 Å². The Morgan fingerprint density at radius 3 is 2.65 bits per heavy atom. The van der Waals surface area contributed by atoms with Crippen LogP contribution in [-0.2, 0) is 11.2 Å². The van der Waals surface area contributed by atoms with Gasteiger partial charge in [0.25, 0.3) is 0 Å². The first-order valence-electron chi connectivity index (χ1n) is 8.34. The molecule has 1 aliphatic heterocycles. The number of amides is 1. The molecule has 0 spiro atoms. The van der Waals surface area contributed by atoms with E-state index in [1.807, 2.05) is 0 Å². The molecule has 0 bridgehead atoms. The van der Waals surface area contributed by atoms with Gasteiger partial charge in [0.15, 0.2) is 11.5 Å². The van der Waals surface area contributed by atoms with Crippen LogP contribution in [-0.4, -0.2) is 56.7 Å². The minimum atomic E-state index is -2.90. The van der Waals surface area contributed by atoms with Gasteiger partial charge in [-0.1, -0.05) is 6.07 Å². The highest BCUT2D eigenvalue weighted by Crippen LogP contribution is 2.29. The van der Waals surface area contributed by atoms with Gasteiger partial charge in [-0.25, -0.2) is 0 Å². The van der Waals surface area contributed by atoms with Crippen LogP contribution in [0.25, 0.3) is 0 Å². The van der Waals surface area contributed by atoms with E-state index in [2.05, 4.69) is 15.0 Å². The van der Waals surface area contributed by atoms with Crippen LogP contribution in [0, 0.1) is 0 Å². The molecule has 2 rings (SSSR count). The summed E-state index contributed by atoms with van der Waals surface area (Å²) in [5, 5.41) is 2.87. The highest BCUT2D eigenvalue weighted by Gasteiger charge is 2.18. The largest absolute Gasteiger partial charge is 0.493 e. The molecular formula is C17H26ClF2N3O3. The summed E-state index contributed by atoms with van der Waals surface area (Å²) >= 11 is 0. The van der Waals surface area contributed by atoms with Crippen LogP contribution in [0.3, 0.4) is 0 Å². The number of hydrogen-bond donors (Lipinski definition) is 2. The third kappa shape index (κ3) is 7.31. The fourth-order valence-corrected chi connectivity index (χ4v) is 2.78. The number of ether oxygens (including phenoxy) is 2. The zero-order chi connectivity index (χ0) is 18.2. The van der Waals surface area contributed by atoms with Crippen LogP contribution >= 0.6 is 12.4 Å². The summed E-state index contributed by atoms with van der Waals surface area (Å²) in [6, 6.07) is 5.00. The minimum Gasteiger partial charge on any atom is -0.493 e. The van der Waals surface area contributed by atoms with E-state index in [0.717, 1.165) is 31.5 Å². The second-order valence-electron chi connectivity index (χ2n) is 6.08. The predicted octanol–water partition coefficient (Wildman–Crippen LogP) is 1.80. The molecule has 1 aliphatic rings. The Morgan fingerprint density at radius 2 is 2.04 bits per heavy atom. The lowest BCUT2D eigenvalue weighted by atomic mass is 10.1. The average Bonchev–Trinajstić information content (AvgIpc) is 2.57. The van der Waals surface area contributed by atoms with E-state index in [4.69, 9.17) is 10.5 Å². The standard InChI is InChI=1S/C17H25F2N3O3.ClH/c1-24-15-10-12(2-3-14(15)25-17(18)19)4-7-21-16(23)11-22-8-5-13(20)6-9-22;/h2-3,10,13,17H,4-9,11,20H2,1H3,(H,21,23);1H. The van der Waals surface area contributed by atoms with Crippen LogP contribution < -0.4 is 20.5 Å². The molecule has 148 valence electrons. The SMILES string of the molecule is COc1cc(CCNC(=O)CN2CCC(N)CC2)ccc1OC(F)F.Cl. The molecule has 9 heteroatoms. The van der Waals surface area contributed by atoms with Crippen molar-refractivity contribution in [2.45, 2.75) is 31.9 Å². The number of nitrogens with two attached hydrogens (primary N) is 1. The van der Waals surface area contributed by atoms with Gasteiger partial charge < -0.3 is 20.5 Å². The van der Waals surface area contributed by atoms with E-state index in [0.29, 0.717) is 19.5 Å². The lowest BCUT2D eigenvalue weighted by Crippen LogP contribution is -2.44. The van der Waals surface area contributed by atoms with Gasteiger partial charge in [0, 0.05) is 25.7 Å². The van der Waals surface area contributed by atoms with Crippen LogP contribution in [0.1, 0.15) is 18.4 Å². The maximum absolute atomic E-state index is 12.3. The highest BCUT2D eigenvalue weighted by molar-refractivity contribution is 5.85. The first kappa shape index (κ1) is 22.4. The number of nitrogens with zero attached hydrogens (tertiary/aromatic N) is 1. The van der Waals surface area contributed by atoms with Crippen molar-refractivity contribution in [1.82, 2.24) is 10.2 Å². The quantitative estimate of drug-likeness (QED) is 0.704. The number of methoxy groups -OCH3 is 1. The van der Waals surface area contributed by atoms with Gasteiger partial charge in [-0.15, -0.1) is 12.4 Å². The summed E-state index contributed by atoms with van der Waals surface area (Å²) in [6.07, 6.45) is 2.40. The molecule has 0 atom stereocenters. The number of likely N-dealkylation sites (tertiary alicyclic amines) is 1. The number of carbonyl (C=O) groups excluding carboxylic acids is 1. The third-order valence-electron chi connectivity index (χ3n) is 4.18. The van der Waals surface area contributed by atoms with Gasteiger partial charge in [0.2, 0.25) is 5.91 Å². The molecule has 1 fully saturated rings. The maximum Gasteiger partial charge on any atom is 0.387 e. The Balaban J connectivity index is 0.00000338. The Hall–Kier alpha value is -1.64. The Bertz CT molecular complexity index is 570.